The lowest BCUT2D eigenvalue weighted by atomic mass is 9.82. The maximum Gasteiger partial charge on any atom is 0.320 e. The van der Waals surface area contributed by atoms with Crippen LogP contribution in [0, 0.1) is 5.92 Å². The lowest BCUT2D eigenvalue weighted by molar-refractivity contribution is -0.139. The number of nitrogens with one attached hydrogen (secondary N) is 1. The van der Waals surface area contributed by atoms with Crippen molar-refractivity contribution < 1.29 is 9.90 Å². The topological polar surface area (TPSA) is 49.3 Å². The molecule has 2 aromatic rings. The van der Waals surface area contributed by atoms with Crippen LogP contribution in [0.5, 0.6) is 0 Å². The Balaban J connectivity index is 1.74. The SMILES string of the molecule is O=C(O)[C@@H]1CC(C(CC=Cc2ccccc2)c2ccccc2)CN1. The molecule has 0 aliphatic carbocycles. The second kappa shape index (κ2) is 7.93. The van der Waals surface area contributed by atoms with Gasteiger partial charge in [-0.3, -0.25) is 4.79 Å². The van der Waals surface area contributed by atoms with E-state index in [1.54, 1.807) is 0 Å². The van der Waals surface area contributed by atoms with Crippen LogP contribution < -0.4 is 5.32 Å². The fourth-order valence-electron chi connectivity index (χ4n) is 3.47. The van der Waals surface area contributed by atoms with E-state index < -0.39 is 12.0 Å². The summed E-state index contributed by atoms with van der Waals surface area (Å²) in [6.07, 6.45) is 5.96. The molecule has 3 nitrogen and oxygen atoms in total. The van der Waals surface area contributed by atoms with Crippen LogP contribution in [0.1, 0.15) is 29.9 Å². The fraction of sp³-hybridized carbons (Fsp3) is 0.286. The van der Waals surface area contributed by atoms with Gasteiger partial charge in [-0.05, 0) is 42.3 Å². The van der Waals surface area contributed by atoms with E-state index in [0.717, 1.165) is 13.0 Å². The van der Waals surface area contributed by atoms with E-state index in [9.17, 15) is 9.90 Å². The zero-order valence-electron chi connectivity index (χ0n) is 13.6. The average Bonchev–Trinajstić information content (AvgIpc) is 3.10. The molecule has 1 aliphatic rings. The number of rotatable bonds is 6. The largest absolute Gasteiger partial charge is 0.480 e. The Kier molecular flexibility index (Phi) is 5.44. The summed E-state index contributed by atoms with van der Waals surface area (Å²) >= 11 is 0. The molecule has 2 aromatic carbocycles. The van der Waals surface area contributed by atoms with Gasteiger partial charge >= 0.3 is 5.97 Å². The summed E-state index contributed by atoms with van der Waals surface area (Å²) in [6.45, 7) is 0.760. The van der Waals surface area contributed by atoms with E-state index in [-0.39, 0.29) is 0 Å². The molecule has 1 saturated heterocycles. The first-order valence-corrected chi connectivity index (χ1v) is 8.47. The second-order valence-electron chi connectivity index (χ2n) is 6.36. The van der Waals surface area contributed by atoms with Gasteiger partial charge in [0.15, 0.2) is 0 Å². The van der Waals surface area contributed by atoms with Gasteiger partial charge in [-0.15, -0.1) is 0 Å². The Bertz CT molecular complexity index is 681. The van der Waals surface area contributed by atoms with Crippen molar-refractivity contribution in [2.24, 2.45) is 5.92 Å². The van der Waals surface area contributed by atoms with E-state index in [0.29, 0.717) is 18.3 Å². The molecular weight excluding hydrogens is 298 g/mol. The first-order valence-electron chi connectivity index (χ1n) is 8.47. The third kappa shape index (κ3) is 4.12. The predicted octanol–water partition coefficient (Wildman–Crippen LogP) is 3.94. The Hall–Kier alpha value is -2.39. The first kappa shape index (κ1) is 16.5. The van der Waals surface area contributed by atoms with E-state index in [1.807, 2.05) is 24.3 Å². The van der Waals surface area contributed by atoms with Crippen LogP contribution in [-0.4, -0.2) is 23.7 Å². The monoisotopic (exact) mass is 321 g/mol. The lowest BCUT2D eigenvalue weighted by Gasteiger charge is -2.22. The molecule has 3 heteroatoms. The van der Waals surface area contributed by atoms with Crippen LogP contribution in [0.3, 0.4) is 0 Å². The van der Waals surface area contributed by atoms with Crippen LogP contribution in [0.2, 0.25) is 0 Å². The van der Waals surface area contributed by atoms with Gasteiger partial charge < -0.3 is 10.4 Å². The molecule has 124 valence electrons. The molecule has 1 heterocycles. The normalized spacial score (nSPS) is 21.8. The summed E-state index contributed by atoms with van der Waals surface area (Å²) in [5, 5.41) is 12.4. The minimum atomic E-state index is -0.746. The number of hydrogen-bond donors (Lipinski definition) is 2. The molecule has 0 saturated carbocycles. The second-order valence-corrected chi connectivity index (χ2v) is 6.36. The summed E-state index contributed by atoms with van der Waals surface area (Å²) < 4.78 is 0. The van der Waals surface area contributed by atoms with E-state index in [4.69, 9.17) is 0 Å². The number of allylic oxidation sites excluding steroid dienone is 1. The molecule has 2 unspecified atom stereocenters. The van der Waals surface area contributed by atoms with Crippen LogP contribution in [0.4, 0.5) is 0 Å². The van der Waals surface area contributed by atoms with Crippen molar-refractivity contribution in [3.63, 3.8) is 0 Å². The van der Waals surface area contributed by atoms with Crippen LogP contribution in [0.25, 0.3) is 6.08 Å². The zero-order chi connectivity index (χ0) is 16.8. The number of carboxylic acids is 1. The predicted molar refractivity (Wildman–Crippen MR) is 96.8 cm³/mol. The molecule has 0 aromatic heterocycles. The maximum absolute atomic E-state index is 11.2. The van der Waals surface area contributed by atoms with Crippen molar-refractivity contribution in [3.05, 3.63) is 77.9 Å². The van der Waals surface area contributed by atoms with E-state index >= 15 is 0 Å². The molecular formula is C21H23NO2. The molecule has 0 amide bonds. The summed E-state index contributed by atoms with van der Waals surface area (Å²) in [5.74, 6) is -0.0684. The third-order valence-electron chi connectivity index (χ3n) is 4.76. The Morgan fingerprint density at radius 3 is 2.42 bits per heavy atom. The van der Waals surface area contributed by atoms with Gasteiger partial charge in [0.2, 0.25) is 0 Å². The highest BCUT2D eigenvalue weighted by Gasteiger charge is 2.34. The number of benzene rings is 2. The molecule has 24 heavy (non-hydrogen) atoms. The van der Waals surface area contributed by atoms with Gasteiger partial charge in [0.25, 0.3) is 0 Å². The minimum absolute atomic E-state index is 0.336. The fourth-order valence-corrected chi connectivity index (χ4v) is 3.47. The molecule has 1 fully saturated rings. The van der Waals surface area contributed by atoms with Gasteiger partial charge in [0.1, 0.15) is 6.04 Å². The Morgan fingerprint density at radius 1 is 1.12 bits per heavy atom. The Labute approximate surface area is 143 Å². The standard InChI is InChI=1S/C21H23NO2/c23-21(24)20-14-18(15-22-20)19(17-11-5-2-6-12-17)13-7-10-16-8-3-1-4-9-16/h1-12,18-20,22H,13-15H2,(H,23,24)/t18?,19?,20-/m0/s1. The van der Waals surface area contributed by atoms with E-state index in [2.05, 4.69) is 53.9 Å². The van der Waals surface area contributed by atoms with Crippen LogP contribution >= 0.6 is 0 Å². The molecule has 2 N–H and O–H groups in total. The molecule has 1 aliphatic heterocycles. The molecule has 0 bridgehead atoms. The maximum atomic E-state index is 11.2. The van der Waals surface area contributed by atoms with Gasteiger partial charge in [-0.25, -0.2) is 0 Å². The molecule has 0 spiro atoms. The summed E-state index contributed by atoms with van der Waals surface area (Å²) in [5.41, 5.74) is 2.48. The number of carboxylic acid groups (broad SMARTS) is 1. The summed E-state index contributed by atoms with van der Waals surface area (Å²) in [6, 6.07) is 20.3. The summed E-state index contributed by atoms with van der Waals surface area (Å²) in [4.78, 5) is 11.2. The highest BCUT2D eigenvalue weighted by Crippen LogP contribution is 2.34. The van der Waals surface area contributed by atoms with Crippen molar-refractivity contribution in [1.29, 1.82) is 0 Å². The number of carbonyl (C=O) groups is 1. The van der Waals surface area contributed by atoms with Gasteiger partial charge in [0, 0.05) is 0 Å². The lowest BCUT2D eigenvalue weighted by Crippen LogP contribution is -2.29. The van der Waals surface area contributed by atoms with Gasteiger partial charge in [0.05, 0.1) is 0 Å². The van der Waals surface area contributed by atoms with Crippen molar-refractivity contribution in [2.75, 3.05) is 6.54 Å². The van der Waals surface area contributed by atoms with Crippen molar-refractivity contribution in [1.82, 2.24) is 5.32 Å². The third-order valence-corrected chi connectivity index (χ3v) is 4.76. The summed E-state index contributed by atoms with van der Waals surface area (Å²) in [7, 11) is 0. The van der Waals surface area contributed by atoms with Crippen molar-refractivity contribution >= 4 is 12.0 Å². The number of aliphatic carboxylic acids is 1. The van der Waals surface area contributed by atoms with Crippen LogP contribution in [-0.2, 0) is 4.79 Å². The van der Waals surface area contributed by atoms with Gasteiger partial charge in [-0.1, -0.05) is 72.8 Å². The smallest absolute Gasteiger partial charge is 0.320 e. The zero-order valence-corrected chi connectivity index (χ0v) is 13.6. The van der Waals surface area contributed by atoms with E-state index in [1.165, 1.54) is 11.1 Å². The highest BCUT2D eigenvalue weighted by atomic mass is 16.4. The number of hydrogen-bond acceptors (Lipinski definition) is 2. The molecule has 0 radical (unpaired) electrons. The molecule has 3 atom stereocenters. The van der Waals surface area contributed by atoms with Crippen molar-refractivity contribution in [3.8, 4) is 0 Å². The average molecular weight is 321 g/mol. The highest BCUT2D eigenvalue weighted by molar-refractivity contribution is 5.73. The first-order chi connectivity index (χ1) is 11.7. The molecule has 3 rings (SSSR count). The minimum Gasteiger partial charge on any atom is -0.480 e. The van der Waals surface area contributed by atoms with Crippen molar-refractivity contribution in [2.45, 2.75) is 24.8 Å². The van der Waals surface area contributed by atoms with Gasteiger partial charge in [-0.2, -0.15) is 0 Å². The quantitative estimate of drug-likeness (QED) is 0.847. The Morgan fingerprint density at radius 2 is 1.79 bits per heavy atom. The van der Waals surface area contributed by atoms with Crippen LogP contribution in [0.15, 0.2) is 66.7 Å².